The van der Waals surface area contributed by atoms with Crippen LogP contribution in [-0.2, 0) is 5.41 Å². The lowest BCUT2D eigenvalue weighted by Gasteiger charge is -2.27. The van der Waals surface area contributed by atoms with Gasteiger partial charge < -0.3 is 14.6 Å². The third-order valence-corrected chi connectivity index (χ3v) is 6.04. The molecule has 0 bridgehead atoms. The van der Waals surface area contributed by atoms with Crippen molar-refractivity contribution in [2.45, 2.75) is 45.6 Å². The lowest BCUT2D eigenvalue weighted by molar-refractivity contribution is 0.125. The highest BCUT2D eigenvalue weighted by molar-refractivity contribution is 6.37. The highest BCUT2D eigenvalue weighted by atomic mass is 35.5. The van der Waals surface area contributed by atoms with Crippen LogP contribution in [0, 0.1) is 5.92 Å². The number of aliphatic hydroxyl groups excluding tert-OH is 1. The number of aliphatic hydroxyl groups is 1. The van der Waals surface area contributed by atoms with Crippen LogP contribution < -0.4 is 9.47 Å². The molecule has 3 nitrogen and oxygen atoms in total. The minimum atomic E-state index is -0.777. The monoisotopic (exact) mass is 458 g/mol. The fraction of sp³-hybridized carbons (Fsp3) is 0.478. The Balaban J connectivity index is 2.19. The van der Waals surface area contributed by atoms with Crippen LogP contribution in [0.2, 0.25) is 10.0 Å². The summed E-state index contributed by atoms with van der Waals surface area (Å²) in [4.78, 5) is 0. The van der Waals surface area contributed by atoms with Crippen molar-refractivity contribution in [3.63, 3.8) is 0 Å². The van der Waals surface area contributed by atoms with Crippen molar-refractivity contribution >= 4 is 34.8 Å². The van der Waals surface area contributed by atoms with Gasteiger partial charge >= 0.3 is 0 Å². The number of rotatable bonds is 10. The van der Waals surface area contributed by atoms with E-state index in [1.165, 1.54) is 0 Å². The number of alkyl halides is 1. The number of ether oxygens (including phenoxy) is 2. The molecule has 0 heterocycles. The van der Waals surface area contributed by atoms with Crippen molar-refractivity contribution in [3.8, 4) is 11.5 Å². The predicted octanol–water partition coefficient (Wildman–Crippen LogP) is 6.72. The van der Waals surface area contributed by atoms with Crippen LogP contribution in [0.15, 0.2) is 36.4 Å². The maximum atomic E-state index is 9.59. The van der Waals surface area contributed by atoms with Gasteiger partial charge in [0.05, 0.1) is 22.5 Å². The summed E-state index contributed by atoms with van der Waals surface area (Å²) < 4.78 is 11.4. The zero-order valence-electron chi connectivity index (χ0n) is 17.3. The second kappa shape index (κ2) is 10.8. The van der Waals surface area contributed by atoms with E-state index < -0.39 is 6.10 Å². The summed E-state index contributed by atoms with van der Waals surface area (Å²) >= 11 is 18.4. The van der Waals surface area contributed by atoms with Crippen molar-refractivity contribution in [2.24, 2.45) is 5.92 Å². The summed E-state index contributed by atoms with van der Waals surface area (Å²) in [5.74, 6) is 1.83. The molecule has 6 heteroatoms. The van der Waals surface area contributed by atoms with Gasteiger partial charge in [0.15, 0.2) is 5.75 Å². The molecule has 0 aliphatic carbocycles. The summed E-state index contributed by atoms with van der Waals surface area (Å²) in [5, 5.41) is 10.4. The van der Waals surface area contributed by atoms with E-state index in [1.54, 1.807) is 0 Å². The smallest absolute Gasteiger partial charge is 0.156 e. The molecule has 0 unspecified atom stereocenters. The van der Waals surface area contributed by atoms with Gasteiger partial charge in [-0.15, -0.1) is 11.6 Å². The molecule has 0 aromatic heterocycles. The summed E-state index contributed by atoms with van der Waals surface area (Å²) in [5.41, 5.74) is 1.76. The Labute approximate surface area is 188 Å². The first-order valence-electron chi connectivity index (χ1n) is 9.78. The van der Waals surface area contributed by atoms with E-state index >= 15 is 0 Å². The Hall–Kier alpha value is -1.13. The Kier molecular flexibility index (Phi) is 8.96. The Morgan fingerprint density at radius 2 is 1.55 bits per heavy atom. The minimum absolute atomic E-state index is 0.0315. The van der Waals surface area contributed by atoms with Gasteiger partial charge in [0.1, 0.15) is 18.5 Å². The third-order valence-electron chi connectivity index (χ3n) is 5.13. The van der Waals surface area contributed by atoms with Gasteiger partial charge in [0, 0.05) is 5.41 Å². The summed E-state index contributed by atoms with van der Waals surface area (Å²) in [6, 6.07) is 11.8. The Morgan fingerprint density at radius 3 is 2.07 bits per heavy atom. The quantitative estimate of drug-likeness (QED) is 0.401. The normalized spacial score (nSPS) is 13.8. The maximum absolute atomic E-state index is 9.59. The lowest BCUT2D eigenvalue weighted by Crippen LogP contribution is -2.20. The highest BCUT2D eigenvalue weighted by Crippen LogP contribution is 2.40. The van der Waals surface area contributed by atoms with Crippen molar-refractivity contribution in [1.29, 1.82) is 0 Å². The van der Waals surface area contributed by atoms with Crippen LogP contribution in [0.1, 0.15) is 45.2 Å². The number of halogens is 3. The van der Waals surface area contributed by atoms with Gasteiger partial charge in [-0.3, -0.25) is 0 Å². The summed E-state index contributed by atoms with van der Waals surface area (Å²) in [6.45, 7) is 9.30. The van der Waals surface area contributed by atoms with Crippen molar-refractivity contribution in [3.05, 3.63) is 57.6 Å². The third kappa shape index (κ3) is 6.42. The van der Waals surface area contributed by atoms with E-state index in [0.717, 1.165) is 23.3 Å². The topological polar surface area (TPSA) is 38.7 Å². The molecule has 160 valence electrons. The van der Waals surface area contributed by atoms with Gasteiger partial charge in [0.2, 0.25) is 0 Å². The fourth-order valence-corrected chi connectivity index (χ4v) is 3.46. The first-order chi connectivity index (χ1) is 13.7. The second-order valence-electron chi connectivity index (χ2n) is 7.86. The molecule has 0 saturated heterocycles. The number of benzene rings is 2. The number of hydrogen-bond acceptors (Lipinski definition) is 3. The predicted molar refractivity (Wildman–Crippen MR) is 122 cm³/mol. The van der Waals surface area contributed by atoms with Gasteiger partial charge in [-0.1, -0.05) is 69.5 Å². The van der Waals surface area contributed by atoms with Crippen LogP contribution in [0.25, 0.3) is 0 Å². The molecular formula is C23H29Cl3O3. The van der Waals surface area contributed by atoms with Gasteiger partial charge in [-0.2, -0.15) is 0 Å². The van der Waals surface area contributed by atoms with Crippen LogP contribution in [0.3, 0.4) is 0 Å². The minimum Gasteiger partial charge on any atom is -0.493 e. The van der Waals surface area contributed by atoms with Gasteiger partial charge in [-0.05, 0) is 41.3 Å². The van der Waals surface area contributed by atoms with Gasteiger partial charge in [-0.25, -0.2) is 0 Å². The summed E-state index contributed by atoms with van der Waals surface area (Å²) in [6.07, 6.45) is 0.318. The van der Waals surface area contributed by atoms with E-state index in [2.05, 4.69) is 39.8 Å². The van der Waals surface area contributed by atoms with E-state index in [4.69, 9.17) is 44.3 Å². The van der Waals surface area contributed by atoms with Crippen LogP contribution in [0.5, 0.6) is 11.5 Å². The Bertz CT molecular complexity index is 767. The molecule has 0 fully saturated rings. The largest absolute Gasteiger partial charge is 0.493 e. The average molecular weight is 460 g/mol. The van der Waals surface area contributed by atoms with E-state index in [9.17, 15) is 5.11 Å². The molecule has 0 aliphatic heterocycles. The standard InChI is InChI=1S/C23H29Cl3O3/c1-5-15(2)13-28-19-8-6-16(7-9-19)23(3,4)17-10-20(25)22(21(26)11-17)29-14-18(27)12-24/h6-11,15,18,27H,5,12-14H2,1-4H3/t15-,18-/m0/s1. The van der Waals surface area contributed by atoms with E-state index in [0.29, 0.717) is 28.3 Å². The van der Waals surface area contributed by atoms with Crippen molar-refractivity contribution in [1.82, 2.24) is 0 Å². The highest BCUT2D eigenvalue weighted by Gasteiger charge is 2.26. The molecular weight excluding hydrogens is 431 g/mol. The molecule has 0 aliphatic rings. The molecule has 2 aromatic rings. The second-order valence-corrected chi connectivity index (χ2v) is 8.98. The molecule has 0 saturated carbocycles. The fourth-order valence-electron chi connectivity index (χ4n) is 2.77. The first-order valence-corrected chi connectivity index (χ1v) is 11.1. The van der Waals surface area contributed by atoms with E-state index in [1.807, 2.05) is 24.3 Å². The summed E-state index contributed by atoms with van der Waals surface area (Å²) in [7, 11) is 0. The van der Waals surface area contributed by atoms with Crippen LogP contribution >= 0.6 is 34.8 Å². The molecule has 2 atom stereocenters. The van der Waals surface area contributed by atoms with E-state index in [-0.39, 0.29) is 17.9 Å². The lowest BCUT2D eigenvalue weighted by atomic mass is 9.78. The SMILES string of the molecule is CC[C@H](C)COc1ccc(C(C)(C)c2cc(Cl)c(OC[C@@H](O)CCl)c(Cl)c2)cc1. The number of hydrogen-bond donors (Lipinski definition) is 1. The molecule has 0 spiro atoms. The zero-order chi connectivity index (χ0) is 21.6. The van der Waals surface area contributed by atoms with Gasteiger partial charge in [0.25, 0.3) is 0 Å². The molecule has 0 radical (unpaired) electrons. The molecule has 29 heavy (non-hydrogen) atoms. The Morgan fingerprint density at radius 1 is 0.966 bits per heavy atom. The van der Waals surface area contributed by atoms with Crippen molar-refractivity contribution < 1.29 is 14.6 Å². The zero-order valence-corrected chi connectivity index (χ0v) is 19.6. The molecule has 1 N–H and O–H groups in total. The molecule has 2 rings (SSSR count). The maximum Gasteiger partial charge on any atom is 0.156 e. The van der Waals surface area contributed by atoms with Crippen LogP contribution in [-0.4, -0.2) is 30.3 Å². The van der Waals surface area contributed by atoms with Crippen molar-refractivity contribution in [2.75, 3.05) is 19.1 Å². The first kappa shape index (κ1) is 24.1. The molecule has 0 amide bonds. The van der Waals surface area contributed by atoms with Crippen LogP contribution in [0.4, 0.5) is 0 Å². The average Bonchev–Trinajstić information content (AvgIpc) is 2.71. The molecule has 2 aromatic carbocycles.